The molecule has 2 N–H and O–H groups in total. The average molecular weight is 320 g/mol. The standard InChI is InChI=1S/C18H28N2O3/c1-20(14-7-5-4-6-8-14)18(21)10-9-13-11-15(19)17(23-3)12-16(13)22-2/h11-12,14H,4-10,19H2,1-3H3. The van der Waals surface area contributed by atoms with Gasteiger partial charge in [0.2, 0.25) is 5.91 Å². The molecular weight excluding hydrogens is 292 g/mol. The molecule has 2 rings (SSSR count). The Balaban J connectivity index is 1.99. The first-order valence-corrected chi connectivity index (χ1v) is 8.32. The maximum Gasteiger partial charge on any atom is 0.222 e. The van der Waals surface area contributed by atoms with Gasteiger partial charge in [0.1, 0.15) is 11.5 Å². The fourth-order valence-corrected chi connectivity index (χ4v) is 3.28. The van der Waals surface area contributed by atoms with Crippen LogP contribution >= 0.6 is 0 Å². The summed E-state index contributed by atoms with van der Waals surface area (Å²) < 4.78 is 10.6. The van der Waals surface area contributed by atoms with Crippen molar-refractivity contribution in [2.45, 2.75) is 51.0 Å². The van der Waals surface area contributed by atoms with Crippen LogP contribution in [0.25, 0.3) is 0 Å². The van der Waals surface area contributed by atoms with E-state index < -0.39 is 0 Å². The van der Waals surface area contributed by atoms with Gasteiger partial charge in [-0.1, -0.05) is 19.3 Å². The molecule has 1 fully saturated rings. The fourth-order valence-electron chi connectivity index (χ4n) is 3.28. The van der Waals surface area contributed by atoms with Gasteiger partial charge < -0.3 is 20.1 Å². The number of aryl methyl sites for hydroxylation is 1. The summed E-state index contributed by atoms with van der Waals surface area (Å²) in [5.74, 6) is 1.49. The third kappa shape index (κ3) is 4.30. The zero-order valence-corrected chi connectivity index (χ0v) is 14.4. The van der Waals surface area contributed by atoms with Crippen LogP contribution in [0.2, 0.25) is 0 Å². The lowest BCUT2D eigenvalue weighted by atomic mass is 9.94. The van der Waals surface area contributed by atoms with Gasteiger partial charge in [-0.15, -0.1) is 0 Å². The quantitative estimate of drug-likeness (QED) is 0.818. The molecular formula is C18H28N2O3. The number of carbonyl (C=O) groups excluding carboxylic acids is 1. The molecule has 0 aromatic heterocycles. The summed E-state index contributed by atoms with van der Waals surface area (Å²) in [7, 11) is 5.12. The number of carbonyl (C=O) groups is 1. The van der Waals surface area contributed by atoms with E-state index in [0.29, 0.717) is 36.1 Å². The number of hydrogen-bond acceptors (Lipinski definition) is 4. The van der Waals surface area contributed by atoms with Crippen molar-refractivity contribution in [2.24, 2.45) is 0 Å². The molecule has 5 heteroatoms. The van der Waals surface area contributed by atoms with Gasteiger partial charge in [0.25, 0.3) is 0 Å². The molecule has 23 heavy (non-hydrogen) atoms. The van der Waals surface area contributed by atoms with Gasteiger partial charge >= 0.3 is 0 Å². The van der Waals surface area contributed by atoms with Crippen molar-refractivity contribution >= 4 is 11.6 Å². The molecule has 0 saturated heterocycles. The molecule has 1 aromatic rings. The van der Waals surface area contributed by atoms with Gasteiger partial charge in [-0.2, -0.15) is 0 Å². The van der Waals surface area contributed by atoms with Gasteiger partial charge in [0.05, 0.1) is 19.9 Å². The number of ether oxygens (including phenoxy) is 2. The van der Waals surface area contributed by atoms with Crippen molar-refractivity contribution in [3.05, 3.63) is 17.7 Å². The van der Waals surface area contributed by atoms with Crippen LogP contribution in [0, 0.1) is 0 Å². The zero-order valence-electron chi connectivity index (χ0n) is 14.4. The number of nitrogen functional groups attached to an aromatic ring is 1. The van der Waals surface area contributed by atoms with E-state index in [2.05, 4.69) is 0 Å². The third-order valence-corrected chi connectivity index (χ3v) is 4.76. The predicted molar refractivity (Wildman–Crippen MR) is 91.9 cm³/mol. The van der Waals surface area contributed by atoms with Crippen molar-refractivity contribution in [3.63, 3.8) is 0 Å². The van der Waals surface area contributed by atoms with Crippen molar-refractivity contribution in [1.82, 2.24) is 4.90 Å². The van der Waals surface area contributed by atoms with Crippen LogP contribution in [-0.4, -0.2) is 38.1 Å². The van der Waals surface area contributed by atoms with E-state index in [1.807, 2.05) is 18.0 Å². The Kier molecular flexibility index (Phi) is 6.13. The van der Waals surface area contributed by atoms with Crippen molar-refractivity contribution in [2.75, 3.05) is 27.0 Å². The summed E-state index contributed by atoms with van der Waals surface area (Å²) in [6, 6.07) is 4.02. The van der Waals surface area contributed by atoms with Crippen LogP contribution in [0.1, 0.15) is 44.1 Å². The van der Waals surface area contributed by atoms with Crippen LogP contribution in [0.15, 0.2) is 12.1 Å². The molecule has 128 valence electrons. The van der Waals surface area contributed by atoms with E-state index >= 15 is 0 Å². The van der Waals surface area contributed by atoms with Crippen LogP contribution in [0.5, 0.6) is 11.5 Å². The highest BCUT2D eigenvalue weighted by Crippen LogP contribution is 2.32. The van der Waals surface area contributed by atoms with Crippen LogP contribution < -0.4 is 15.2 Å². The van der Waals surface area contributed by atoms with Gasteiger partial charge in [-0.05, 0) is 30.9 Å². The minimum Gasteiger partial charge on any atom is -0.496 e. The first kappa shape index (κ1) is 17.4. The Morgan fingerprint density at radius 2 is 1.83 bits per heavy atom. The highest BCUT2D eigenvalue weighted by atomic mass is 16.5. The normalized spacial score (nSPS) is 15.3. The van der Waals surface area contributed by atoms with E-state index in [0.717, 1.165) is 18.4 Å². The van der Waals surface area contributed by atoms with Crippen molar-refractivity contribution in [3.8, 4) is 11.5 Å². The number of methoxy groups -OCH3 is 2. The predicted octanol–water partition coefficient (Wildman–Crippen LogP) is 3.01. The van der Waals surface area contributed by atoms with E-state index in [9.17, 15) is 4.79 Å². The summed E-state index contributed by atoms with van der Waals surface area (Å²) in [4.78, 5) is 14.4. The van der Waals surface area contributed by atoms with Crippen LogP contribution in [-0.2, 0) is 11.2 Å². The largest absolute Gasteiger partial charge is 0.496 e. The molecule has 0 spiro atoms. The van der Waals surface area contributed by atoms with Gasteiger partial charge in [0, 0.05) is 25.6 Å². The number of amides is 1. The maximum absolute atomic E-state index is 12.5. The third-order valence-electron chi connectivity index (χ3n) is 4.76. The van der Waals surface area contributed by atoms with E-state index in [1.165, 1.54) is 19.3 Å². The number of nitrogens with zero attached hydrogens (tertiary/aromatic N) is 1. The van der Waals surface area contributed by atoms with Crippen molar-refractivity contribution < 1.29 is 14.3 Å². The number of hydrogen-bond donors (Lipinski definition) is 1. The molecule has 1 aliphatic carbocycles. The maximum atomic E-state index is 12.5. The van der Waals surface area contributed by atoms with E-state index in [-0.39, 0.29) is 5.91 Å². The first-order chi connectivity index (χ1) is 11.1. The lowest BCUT2D eigenvalue weighted by molar-refractivity contribution is -0.132. The molecule has 0 unspecified atom stereocenters. The summed E-state index contributed by atoms with van der Waals surface area (Å²) in [6.07, 6.45) is 7.08. The minimum atomic E-state index is 0.188. The minimum absolute atomic E-state index is 0.188. The Bertz CT molecular complexity index is 539. The molecule has 1 aromatic carbocycles. The molecule has 0 atom stereocenters. The summed E-state index contributed by atoms with van der Waals surface area (Å²) in [5, 5.41) is 0. The Labute approximate surface area is 138 Å². The lowest BCUT2D eigenvalue weighted by Gasteiger charge is -2.31. The molecule has 0 aliphatic heterocycles. The second kappa shape index (κ2) is 8.09. The number of benzene rings is 1. The molecule has 0 radical (unpaired) electrons. The zero-order chi connectivity index (χ0) is 16.8. The Hall–Kier alpha value is -1.91. The van der Waals surface area contributed by atoms with Crippen molar-refractivity contribution in [1.29, 1.82) is 0 Å². The topological polar surface area (TPSA) is 64.8 Å². The lowest BCUT2D eigenvalue weighted by Crippen LogP contribution is -2.38. The Morgan fingerprint density at radius 1 is 1.17 bits per heavy atom. The SMILES string of the molecule is COc1cc(OC)c(CCC(=O)N(C)C2CCCCC2)cc1N. The van der Waals surface area contributed by atoms with Crippen LogP contribution in [0.4, 0.5) is 5.69 Å². The summed E-state index contributed by atoms with van der Waals surface area (Å²) in [6.45, 7) is 0. The first-order valence-electron chi connectivity index (χ1n) is 8.32. The van der Waals surface area contributed by atoms with E-state index in [1.54, 1.807) is 20.3 Å². The second-order valence-corrected chi connectivity index (χ2v) is 6.20. The second-order valence-electron chi connectivity index (χ2n) is 6.20. The van der Waals surface area contributed by atoms with E-state index in [4.69, 9.17) is 15.2 Å². The highest BCUT2D eigenvalue weighted by molar-refractivity contribution is 5.76. The number of nitrogens with two attached hydrogens (primary N) is 1. The molecule has 0 bridgehead atoms. The molecule has 1 saturated carbocycles. The van der Waals surface area contributed by atoms with Crippen LogP contribution in [0.3, 0.4) is 0 Å². The van der Waals surface area contributed by atoms with Gasteiger partial charge in [-0.3, -0.25) is 4.79 Å². The molecule has 0 heterocycles. The average Bonchev–Trinajstić information content (AvgIpc) is 2.59. The number of rotatable bonds is 6. The summed E-state index contributed by atoms with van der Waals surface area (Å²) in [5.41, 5.74) is 7.47. The Morgan fingerprint density at radius 3 is 2.43 bits per heavy atom. The fraction of sp³-hybridized carbons (Fsp3) is 0.611. The van der Waals surface area contributed by atoms with Gasteiger partial charge in [-0.25, -0.2) is 0 Å². The monoisotopic (exact) mass is 320 g/mol. The molecule has 1 amide bonds. The number of anilines is 1. The molecule has 1 aliphatic rings. The van der Waals surface area contributed by atoms with Gasteiger partial charge in [0.15, 0.2) is 0 Å². The highest BCUT2D eigenvalue weighted by Gasteiger charge is 2.22. The summed E-state index contributed by atoms with van der Waals surface area (Å²) >= 11 is 0. The molecule has 5 nitrogen and oxygen atoms in total. The smallest absolute Gasteiger partial charge is 0.222 e.